The molecule has 2 heterocycles. The Balaban J connectivity index is 2.06. The van der Waals surface area contributed by atoms with Gasteiger partial charge < -0.3 is 19.8 Å². The highest BCUT2D eigenvalue weighted by Gasteiger charge is 2.18. The topological polar surface area (TPSA) is 62.3 Å². The lowest BCUT2D eigenvalue weighted by atomic mass is 10.1. The Hall–Kier alpha value is -2.43. The zero-order chi connectivity index (χ0) is 14.8. The van der Waals surface area contributed by atoms with Gasteiger partial charge in [0.1, 0.15) is 30.5 Å². The van der Waals surface area contributed by atoms with E-state index in [-0.39, 0.29) is 0 Å². The first-order chi connectivity index (χ1) is 10.2. The van der Waals surface area contributed by atoms with Gasteiger partial charge in [0.25, 0.3) is 0 Å². The highest BCUT2D eigenvalue weighted by molar-refractivity contribution is 5.73. The zero-order valence-electron chi connectivity index (χ0n) is 12.1. The van der Waals surface area contributed by atoms with Gasteiger partial charge in [-0.15, -0.1) is 6.58 Å². The van der Waals surface area contributed by atoms with Gasteiger partial charge in [-0.25, -0.2) is 4.98 Å². The summed E-state index contributed by atoms with van der Waals surface area (Å²) in [4.78, 5) is 4.66. The van der Waals surface area contributed by atoms with Crippen molar-refractivity contribution in [3.63, 3.8) is 0 Å². The summed E-state index contributed by atoms with van der Waals surface area (Å²) in [6, 6.07) is 5.80. The number of ether oxygens (including phenoxy) is 2. The van der Waals surface area contributed by atoms with Crippen molar-refractivity contribution in [2.24, 2.45) is 0 Å². The Morgan fingerprint density at radius 1 is 1.33 bits per heavy atom. The number of rotatable bonds is 4. The minimum Gasteiger partial charge on any atom is -0.486 e. The van der Waals surface area contributed by atoms with Crippen molar-refractivity contribution < 1.29 is 9.47 Å². The molecule has 110 valence electrons. The third kappa shape index (κ3) is 2.35. The number of aromatic nitrogens is 2. The van der Waals surface area contributed by atoms with Gasteiger partial charge >= 0.3 is 0 Å². The maximum absolute atomic E-state index is 6.25. The Labute approximate surface area is 124 Å². The van der Waals surface area contributed by atoms with E-state index in [1.54, 1.807) is 0 Å². The fourth-order valence-corrected chi connectivity index (χ4v) is 2.52. The standard InChI is InChI=1S/C16H19N3O2/c1-3-7-19-14(4-2)18-15(16(19)17)11-5-6-12-13(10-11)21-9-8-20-12/h3,5-6,10H,1,4,7-9,17H2,2H3. The minimum atomic E-state index is 0.567. The van der Waals surface area contributed by atoms with Gasteiger partial charge in [0.05, 0.1) is 0 Å². The Morgan fingerprint density at radius 2 is 2.10 bits per heavy atom. The number of allylic oxidation sites excluding steroid dienone is 1. The second kappa shape index (κ2) is 5.52. The molecule has 0 saturated carbocycles. The van der Waals surface area contributed by atoms with Crippen molar-refractivity contribution in [2.45, 2.75) is 19.9 Å². The number of imidazole rings is 1. The van der Waals surface area contributed by atoms with E-state index in [4.69, 9.17) is 15.2 Å². The smallest absolute Gasteiger partial charge is 0.162 e. The van der Waals surface area contributed by atoms with E-state index in [2.05, 4.69) is 18.5 Å². The van der Waals surface area contributed by atoms with Crippen molar-refractivity contribution in [1.29, 1.82) is 0 Å². The molecule has 1 aromatic carbocycles. The number of nitrogen functional groups attached to an aromatic ring is 1. The molecule has 21 heavy (non-hydrogen) atoms. The normalized spacial score (nSPS) is 13.2. The highest BCUT2D eigenvalue weighted by Crippen LogP contribution is 2.36. The first kappa shape index (κ1) is 13.5. The predicted octanol–water partition coefficient (Wildman–Crippen LogP) is 2.65. The number of aryl methyl sites for hydroxylation is 1. The summed E-state index contributed by atoms with van der Waals surface area (Å²) < 4.78 is 13.1. The van der Waals surface area contributed by atoms with E-state index in [0.717, 1.165) is 35.0 Å². The van der Waals surface area contributed by atoms with Crippen LogP contribution in [-0.4, -0.2) is 22.8 Å². The molecule has 0 amide bonds. The average molecular weight is 285 g/mol. The lowest BCUT2D eigenvalue weighted by Crippen LogP contribution is -2.15. The van der Waals surface area contributed by atoms with E-state index >= 15 is 0 Å². The molecule has 0 unspecified atom stereocenters. The molecule has 0 saturated heterocycles. The van der Waals surface area contributed by atoms with Crippen LogP contribution >= 0.6 is 0 Å². The summed E-state index contributed by atoms with van der Waals surface area (Å²) in [6.07, 6.45) is 2.65. The summed E-state index contributed by atoms with van der Waals surface area (Å²) in [5.41, 5.74) is 7.98. The fraction of sp³-hybridized carbons (Fsp3) is 0.312. The molecule has 5 heteroatoms. The van der Waals surface area contributed by atoms with Gasteiger partial charge in [0.2, 0.25) is 0 Å². The second-order valence-electron chi connectivity index (χ2n) is 4.87. The summed E-state index contributed by atoms with van der Waals surface area (Å²) in [7, 11) is 0. The van der Waals surface area contributed by atoms with Crippen LogP contribution in [-0.2, 0) is 13.0 Å². The molecule has 0 spiro atoms. The molecule has 0 aliphatic carbocycles. The SMILES string of the molecule is C=CCn1c(CC)nc(-c2ccc3c(c2)OCCO3)c1N. The molecule has 3 rings (SSSR count). The van der Waals surface area contributed by atoms with E-state index in [0.29, 0.717) is 25.6 Å². The lowest BCUT2D eigenvalue weighted by Gasteiger charge is -2.18. The van der Waals surface area contributed by atoms with E-state index in [9.17, 15) is 0 Å². The number of fused-ring (bicyclic) bond motifs is 1. The van der Waals surface area contributed by atoms with Gasteiger partial charge in [-0.1, -0.05) is 13.0 Å². The second-order valence-corrected chi connectivity index (χ2v) is 4.87. The monoisotopic (exact) mass is 285 g/mol. The van der Waals surface area contributed by atoms with Gasteiger partial charge in [-0.3, -0.25) is 0 Å². The van der Waals surface area contributed by atoms with Gasteiger partial charge in [-0.2, -0.15) is 0 Å². The van der Waals surface area contributed by atoms with Crippen molar-refractivity contribution in [1.82, 2.24) is 9.55 Å². The minimum absolute atomic E-state index is 0.567. The van der Waals surface area contributed by atoms with E-state index in [1.807, 2.05) is 28.8 Å². The third-order valence-electron chi connectivity index (χ3n) is 3.53. The molecule has 2 N–H and O–H groups in total. The van der Waals surface area contributed by atoms with E-state index < -0.39 is 0 Å². The summed E-state index contributed by atoms with van der Waals surface area (Å²) >= 11 is 0. The highest BCUT2D eigenvalue weighted by atomic mass is 16.6. The van der Waals surface area contributed by atoms with Crippen molar-refractivity contribution >= 4 is 5.82 Å². The quantitative estimate of drug-likeness (QED) is 0.877. The Bertz CT molecular complexity index is 676. The summed E-state index contributed by atoms with van der Waals surface area (Å²) in [6.45, 7) is 7.65. The first-order valence-corrected chi connectivity index (χ1v) is 7.10. The van der Waals surface area contributed by atoms with Crippen LogP contribution in [0.1, 0.15) is 12.7 Å². The average Bonchev–Trinajstić information content (AvgIpc) is 2.84. The van der Waals surface area contributed by atoms with Crippen LogP contribution in [0.15, 0.2) is 30.9 Å². The molecule has 1 aliphatic heterocycles. The van der Waals surface area contributed by atoms with Crippen LogP contribution in [0.25, 0.3) is 11.3 Å². The maximum atomic E-state index is 6.25. The molecule has 0 bridgehead atoms. The van der Waals surface area contributed by atoms with Gasteiger partial charge in [-0.05, 0) is 18.2 Å². The third-order valence-corrected chi connectivity index (χ3v) is 3.53. The molecule has 0 fully saturated rings. The van der Waals surface area contributed by atoms with Crippen molar-refractivity contribution in [2.75, 3.05) is 18.9 Å². The van der Waals surface area contributed by atoms with Crippen LogP contribution in [0, 0.1) is 0 Å². The van der Waals surface area contributed by atoms with Crippen LogP contribution in [0.4, 0.5) is 5.82 Å². The molecule has 5 nitrogen and oxygen atoms in total. The van der Waals surface area contributed by atoms with Crippen LogP contribution < -0.4 is 15.2 Å². The molecule has 1 aromatic heterocycles. The van der Waals surface area contributed by atoms with Crippen molar-refractivity contribution in [3.8, 4) is 22.8 Å². The largest absolute Gasteiger partial charge is 0.486 e. The molecular formula is C16H19N3O2. The summed E-state index contributed by atoms with van der Waals surface area (Å²) in [5.74, 6) is 3.12. The number of nitrogens with zero attached hydrogens (tertiary/aromatic N) is 2. The van der Waals surface area contributed by atoms with Gasteiger partial charge in [0, 0.05) is 18.5 Å². The molecular weight excluding hydrogens is 266 g/mol. The summed E-state index contributed by atoms with van der Waals surface area (Å²) in [5, 5.41) is 0. The number of benzene rings is 1. The number of hydrogen-bond acceptors (Lipinski definition) is 4. The van der Waals surface area contributed by atoms with Gasteiger partial charge in [0.15, 0.2) is 11.5 Å². The fourth-order valence-electron chi connectivity index (χ4n) is 2.52. The maximum Gasteiger partial charge on any atom is 0.162 e. The van der Waals surface area contributed by atoms with E-state index in [1.165, 1.54) is 0 Å². The predicted molar refractivity (Wildman–Crippen MR) is 82.6 cm³/mol. The van der Waals surface area contributed by atoms with Crippen LogP contribution in [0.3, 0.4) is 0 Å². The zero-order valence-corrected chi connectivity index (χ0v) is 12.1. The number of hydrogen-bond donors (Lipinski definition) is 1. The number of nitrogens with two attached hydrogens (primary N) is 1. The Morgan fingerprint density at radius 3 is 2.81 bits per heavy atom. The first-order valence-electron chi connectivity index (χ1n) is 7.10. The molecule has 1 aliphatic rings. The van der Waals surface area contributed by atoms with Crippen LogP contribution in [0.2, 0.25) is 0 Å². The Kier molecular flexibility index (Phi) is 3.56. The molecule has 0 radical (unpaired) electrons. The molecule has 0 atom stereocenters. The molecule has 2 aromatic rings. The number of anilines is 1. The lowest BCUT2D eigenvalue weighted by molar-refractivity contribution is 0.171. The van der Waals surface area contributed by atoms with Crippen LogP contribution in [0.5, 0.6) is 11.5 Å². The van der Waals surface area contributed by atoms with Crippen molar-refractivity contribution in [3.05, 3.63) is 36.7 Å².